The van der Waals surface area contributed by atoms with Crippen LogP contribution in [-0.4, -0.2) is 41.3 Å². The van der Waals surface area contributed by atoms with Gasteiger partial charge in [0.2, 0.25) is 5.91 Å². The largest absolute Gasteiger partial charge is 0.481 e. The molecule has 36 heavy (non-hydrogen) atoms. The van der Waals surface area contributed by atoms with Gasteiger partial charge in [-0.2, -0.15) is 0 Å². The second kappa shape index (κ2) is 10.3. The molecule has 2 saturated heterocycles. The van der Waals surface area contributed by atoms with Crippen molar-refractivity contribution in [1.82, 2.24) is 0 Å². The summed E-state index contributed by atoms with van der Waals surface area (Å²) in [4.78, 5) is 38.3. The number of nitrogens with one attached hydrogen (secondary N) is 1. The number of carboxylic acid groups (broad SMARTS) is 1. The van der Waals surface area contributed by atoms with Crippen LogP contribution in [0.2, 0.25) is 0 Å². The molecule has 3 aliphatic rings. The molecule has 0 spiro atoms. The monoisotopic (exact) mass is 511 g/mol. The number of carbonyl (C=O) groups is 3. The molecule has 2 aromatic rings. The minimum Gasteiger partial charge on any atom is -0.481 e. The van der Waals surface area contributed by atoms with E-state index in [4.69, 9.17) is 9.47 Å². The highest BCUT2D eigenvalue weighted by Gasteiger charge is 2.55. The first kappa shape index (κ1) is 25.0. The van der Waals surface area contributed by atoms with Crippen molar-refractivity contribution in [3.63, 3.8) is 0 Å². The number of anilines is 1. The molecule has 1 aromatic heterocycles. The van der Waals surface area contributed by atoms with Crippen LogP contribution in [0.1, 0.15) is 80.6 Å². The van der Waals surface area contributed by atoms with Crippen LogP contribution in [0.3, 0.4) is 0 Å². The lowest BCUT2D eigenvalue weighted by molar-refractivity contribution is -0.147. The lowest BCUT2D eigenvalue weighted by Crippen LogP contribution is -2.41. The lowest BCUT2D eigenvalue weighted by atomic mass is 9.78. The van der Waals surface area contributed by atoms with Gasteiger partial charge in [-0.15, -0.1) is 11.3 Å². The van der Waals surface area contributed by atoms with Gasteiger partial charge in [0.25, 0.3) is 0 Å². The molecule has 3 heterocycles. The van der Waals surface area contributed by atoms with Crippen LogP contribution in [0.25, 0.3) is 11.1 Å². The van der Waals surface area contributed by atoms with Gasteiger partial charge in [-0.25, -0.2) is 4.79 Å². The van der Waals surface area contributed by atoms with Crippen molar-refractivity contribution >= 4 is 34.2 Å². The number of hydrogen-bond donors (Lipinski definition) is 2. The van der Waals surface area contributed by atoms with E-state index in [1.165, 1.54) is 49.0 Å². The Hall–Kier alpha value is -2.71. The number of fused-ring (bicyclic) bond motifs is 2. The van der Waals surface area contributed by atoms with Crippen molar-refractivity contribution in [2.45, 2.75) is 83.0 Å². The van der Waals surface area contributed by atoms with Crippen molar-refractivity contribution in [3.05, 3.63) is 40.8 Å². The highest BCUT2D eigenvalue weighted by Crippen LogP contribution is 2.45. The number of esters is 1. The molecule has 7 nitrogen and oxygen atoms in total. The molecule has 5 rings (SSSR count). The Balaban J connectivity index is 1.42. The minimum atomic E-state index is -1.02. The molecular weight excluding hydrogens is 478 g/mol. The zero-order chi connectivity index (χ0) is 25.4. The van der Waals surface area contributed by atoms with E-state index in [9.17, 15) is 19.5 Å². The molecule has 4 atom stereocenters. The summed E-state index contributed by atoms with van der Waals surface area (Å²) in [7, 11) is 0. The van der Waals surface area contributed by atoms with Crippen LogP contribution in [0.15, 0.2) is 29.6 Å². The molecule has 1 aromatic carbocycles. The highest BCUT2D eigenvalue weighted by atomic mass is 32.1. The Morgan fingerprint density at radius 2 is 1.67 bits per heavy atom. The summed E-state index contributed by atoms with van der Waals surface area (Å²) in [6, 6.07) is 8.35. The number of benzene rings is 1. The summed E-state index contributed by atoms with van der Waals surface area (Å²) in [6.45, 7) is 3.57. The van der Waals surface area contributed by atoms with Crippen molar-refractivity contribution in [1.29, 1.82) is 0 Å². The smallest absolute Gasteiger partial charge is 0.342 e. The maximum Gasteiger partial charge on any atom is 0.342 e. The van der Waals surface area contributed by atoms with E-state index in [0.717, 1.165) is 5.56 Å². The predicted octanol–water partition coefficient (Wildman–Crippen LogP) is 5.84. The summed E-state index contributed by atoms with van der Waals surface area (Å²) >= 11 is 1.25. The molecule has 3 fully saturated rings. The molecule has 1 amide bonds. The minimum absolute atomic E-state index is 0.309. The van der Waals surface area contributed by atoms with Gasteiger partial charge < -0.3 is 19.9 Å². The number of carboxylic acids is 1. The second-order valence-corrected chi connectivity index (χ2v) is 11.3. The van der Waals surface area contributed by atoms with Gasteiger partial charge >= 0.3 is 11.9 Å². The summed E-state index contributed by atoms with van der Waals surface area (Å²) < 4.78 is 11.3. The lowest BCUT2D eigenvalue weighted by Gasteiger charge is -2.24. The van der Waals surface area contributed by atoms with Gasteiger partial charge in [0.1, 0.15) is 10.6 Å². The summed E-state index contributed by atoms with van der Waals surface area (Å²) in [5, 5.41) is 14.8. The van der Waals surface area contributed by atoms with Crippen molar-refractivity contribution in [3.8, 4) is 11.1 Å². The Kier molecular flexibility index (Phi) is 7.17. The van der Waals surface area contributed by atoms with E-state index in [1.54, 1.807) is 13.8 Å². The van der Waals surface area contributed by atoms with E-state index < -0.39 is 41.9 Å². The van der Waals surface area contributed by atoms with Crippen LogP contribution in [-0.2, 0) is 19.1 Å². The normalized spacial score (nSPS) is 25.8. The number of amides is 1. The molecule has 0 radical (unpaired) electrons. The van der Waals surface area contributed by atoms with E-state index >= 15 is 0 Å². The van der Waals surface area contributed by atoms with Gasteiger partial charge in [-0.1, -0.05) is 43.5 Å². The third kappa shape index (κ3) is 4.81. The number of hydrogen-bond acceptors (Lipinski definition) is 6. The van der Waals surface area contributed by atoms with E-state index in [-0.39, 0.29) is 6.10 Å². The van der Waals surface area contributed by atoms with Crippen LogP contribution < -0.4 is 5.32 Å². The molecule has 0 unspecified atom stereocenters. The number of aliphatic carboxylic acids is 1. The van der Waals surface area contributed by atoms with Crippen LogP contribution in [0.4, 0.5) is 5.00 Å². The maximum atomic E-state index is 13.3. The molecule has 2 bridgehead atoms. The first-order valence-electron chi connectivity index (χ1n) is 13.0. The molecule has 2 aliphatic heterocycles. The van der Waals surface area contributed by atoms with E-state index in [0.29, 0.717) is 34.9 Å². The average molecular weight is 512 g/mol. The third-order valence-electron chi connectivity index (χ3n) is 7.73. The van der Waals surface area contributed by atoms with Crippen LogP contribution in [0.5, 0.6) is 0 Å². The van der Waals surface area contributed by atoms with Gasteiger partial charge in [-0.05, 0) is 56.6 Å². The Labute approximate surface area is 215 Å². The molecule has 1 aliphatic carbocycles. The molecular formula is C28H33NO6S. The van der Waals surface area contributed by atoms with Crippen molar-refractivity contribution in [2.24, 2.45) is 11.8 Å². The zero-order valence-electron chi connectivity index (χ0n) is 20.7. The SMILES string of the molecule is CC(C)OC(=O)c1c(-c2ccc(C3CCCCC3)cc2)csc1NC(=O)[C@@H]1[C@@H](C(=O)O)[C@H]2CC[C@@H]1O2. The molecule has 1 saturated carbocycles. The summed E-state index contributed by atoms with van der Waals surface area (Å²) in [5.74, 6) is -3.02. The Morgan fingerprint density at radius 3 is 2.31 bits per heavy atom. The van der Waals surface area contributed by atoms with Crippen molar-refractivity contribution < 1.29 is 29.0 Å². The maximum absolute atomic E-state index is 13.3. The first-order valence-corrected chi connectivity index (χ1v) is 13.8. The summed E-state index contributed by atoms with van der Waals surface area (Å²) in [5.41, 5.74) is 3.22. The fourth-order valence-electron chi connectivity index (χ4n) is 6.03. The fraction of sp³-hybridized carbons (Fsp3) is 0.536. The van der Waals surface area contributed by atoms with Gasteiger partial charge in [0.05, 0.1) is 30.1 Å². The van der Waals surface area contributed by atoms with Crippen molar-refractivity contribution in [2.75, 3.05) is 5.32 Å². The quantitative estimate of drug-likeness (QED) is 0.453. The van der Waals surface area contributed by atoms with E-state index in [1.807, 2.05) is 17.5 Å². The van der Waals surface area contributed by atoms with Gasteiger partial charge in [-0.3, -0.25) is 9.59 Å². The molecule has 8 heteroatoms. The van der Waals surface area contributed by atoms with Crippen LogP contribution >= 0.6 is 11.3 Å². The number of rotatable bonds is 7. The third-order valence-corrected chi connectivity index (χ3v) is 8.63. The van der Waals surface area contributed by atoms with Gasteiger partial charge in [0.15, 0.2) is 0 Å². The fourth-order valence-corrected chi connectivity index (χ4v) is 6.99. The van der Waals surface area contributed by atoms with Gasteiger partial charge in [0, 0.05) is 10.9 Å². The number of ether oxygens (including phenoxy) is 2. The summed E-state index contributed by atoms with van der Waals surface area (Å²) in [6.07, 6.45) is 6.41. The zero-order valence-corrected chi connectivity index (χ0v) is 21.5. The van der Waals surface area contributed by atoms with E-state index in [2.05, 4.69) is 17.4 Å². The molecule has 2 N–H and O–H groups in total. The number of thiophene rings is 1. The standard InChI is InChI=1S/C28H33NO6S/c1-15(2)34-28(33)22-19(18-10-8-17(9-11-18)16-6-4-3-5-7-16)14-36-26(22)29-25(30)23-20-12-13-21(35-20)24(23)27(31)32/h8-11,14-16,20-21,23-24H,3-7,12-13H2,1-2H3,(H,29,30)(H,31,32)/t20-,21+,23-,24-/m0/s1. The predicted molar refractivity (Wildman–Crippen MR) is 137 cm³/mol. The second-order valence-electron chi connectivity index (χ2n) is 10.4. The molecule has 192 valence electrons. The average Bonchev–Trinajstić information content (AvgIpc) is 3.59. The first-order chi connectivity index (χ1) is 17.3. The van der Waals surface area contributed by atoms with Crippen LogP contribution in [0, 0.1) is 11.8 Å². The topological polar surface area (TPSA) is 102 Å². The Morgan fingerprint density at radius 1 is 1.00 bits per heavy atom. The highest BCUT2D eigenvalue weighted by molar-refractivity contribution is 7.15. The number of carbonyl (C=O) groups excluding carboxylic acids is 2. The Bertz CT molecular complexity index is 1130.